The first-order valence-electron chi connectivity index (χ1n) is 1.39. The molecule has 0 saturated heterocycles. The van der Waals surface area contributed by atoms with E-state index in [4.69, 9.17) is 0 Å². The Labute approximate surface area is 45.1 Å². The van der Waals surface area contributed by atoms with E-state index in [1.165, 1.54) is 13.8 Å². The van der Waals surface area contributed by atoms with Crippen LogP contribution in [-0.2, 0) is 9.09 Å². The van der Waals surface area contributed by atoms with Crippen molar-refractivity contribution < 1.29 is 9.09 Å². The van der Waals surface area contributed by atoms with E-state index in [2.05, 4.69) is 20.0 Å². The van der Waals surface area contributed by atoms with Crippen LogP contribution in [-0.4, -0.2) is 13.8 Å². The van der Waals surface area contributed by atoms with Crippen molar-refractivity contribution in [3.05, 3.63) is 0 Å². The third kappa shape index (κ3) is 4.67. The Morgan fingerprint density at radius 3 is 2.00 bits per heavy atom. The van der Waals surface area contributed by atoms with Crippen molar-refractivity contribution in [2.45, 2.75) is 0 Å². The molecule has 0 aromatic rings. The van der Waals surface area contributed by atoms with Crippen molar-refractivity contribution in [2.75, 3.05) is 13.8 Å². The quantitative estimate of drug-likeness (QED) is 0.565. The molecule has 0 heterocycles. The molecule has 0 rings (SSSR count). The monoisotopic (exact) mass is 172 g/mol. The molecule has 0 aliphatic rings. The van der Waals surface area contributed by atoms with Crippen LogP contribution in [0.25, 0.3) is 0 Å². The highest BCUT2D eigenvalue weighted by molar-refractivity contribution is 9.39. The van der Waals surface area contributed by atoms with Gasteiger partial charge in [-0.15, -0.1) is 0 Å². The number of hydrogen-bond acceptors (Lipinski definition) is 2. The first-order chi connectivity index (χ1) is 2.56. The molecule has 0 amide bonds. The first kappa shape index (κ1) is 6.67. The molecule has 0 aromatic carbocycles. The van der Waals surface area contributed by atoms with Gasteiger partial charge in [-0.1, -0.05) is 0 Å². The summed E-state index contributed by atoms with van der Waals surface area (Å²) < 4.78 is 14.7. The second-order valence-electron chi connectivity index (χ2n) is 0.929. The summed E-state index contributed by atoms with van der Waals surface area (Å²) in [5.74, 6) is 0. The summed E-state index contributed by atoms with van der Waals surface area (Å²) in [4.78, 5) is 0. The fourth-order valence-electron chi connectivity index (χ4n) is 0. The first-order valence-corrected chi connectivity index (χ1v) is 5.48. The Kier molecular flexibility index (Phi) is 2.34. The maximum atomic E-state index is 10.3. The van der Waals surface area contributed by atoms with Gasteiger partial charge in [-0.05, 0) is 0 Å². The molecule has 0 aromatic heterocycles. The Morgan fingerprint density at radius 1 is 1.83 bits per heavy atom. The molecule has 1 unspecified atom stereocenters. The van der Waals surface area contributed by atoms with Crippen molar-refractivity contribution in [1.29, 1.82) is 0 Å². The molecular formula is C2H6BrO2P. The lowest BCUT2D eigenvalue weighted by Crippen LogP contribution is -1.66. The van der Waals surface area contributed by atoms with Crippen LogP contribution in [0.2, 0.25) is 0 Å². The summed E-state index contributed by atoms with van der Waals surface area (Å²) >= 11 is 2.81. The fourth-order valence-corrected chi connectivity index (χ4v) is 0. The molecule has 0 aliphatic carbocycles. The van der Waals surface area contributed by atoms with E-state index in [1.807, 2.05) is 0 Å². The van der Waals surface area contributed by atoms with Crippen molar-refractivity contribution in [3.8, 4) is 0 Å². The molecule has 0 aliphatic heterocycles. The van der Waals surface area contributed by atoms with Crippen molar-refractivity contribution in [1.82, 2.24) is 0 Å². The summed E-state index contributed by atoms with van der Waals surface area (Å²) in [6.45, 7) is 1.49. The smallest absolute Gasteiger partial charge is 0.262 e. The van der Waals surface area contributed by atoms with Crippen LogP contribution >= 0.6 is 21.6 Å². The van der Waals surface area contributed by atoms with Crippen LogP contribution in [0, 0.1) is 0 Å². The Hall–Kier alpha value is 0.670. The summed E-state index contributed by atoms with van der Waals surface area (Å²) in [5.41, 5.74) is 0. The number of halogens is 1. The average molecular weight is 173 g/mol. The van der Waals surface area contributed by atoms with Crippen LogP contribution in [0.3, 0.4) is 0 Å². The van der Waals surface area contributed by atoms with Gasteiger partial charge in [0.1, 0.15) is 0 Å². The molecular weight excluding hydrogens is 167 g/mol. The van der Waals surface area contributed by atoms with E-state index < -0.39 is 6.07 Å². The maximum Gasteiger partial charge on any atom is 0.262 e. The van der Waals surface area contributed by atoms with E-state index in [1.54, 1.807) is 0 Å². The Morgan fingerprint density at radius 2 is 2.00 bits per heavy atom. The highest BCUT2D eigenvalue weighted by atomic mass is 79.9. The molecule has 0 bridgehead atoms. The zero-order valence-corrected chi connectivity index (χ0v) is 6.12. The summed E-state index contributed by atoms with van der Waals surface area (Å²) in [6.07, 6.45) is -2.33. The van der Waals surface area contributed by atoms with Gasteiger partial charge < -0.3 is 4.52 Å². The maximum absolute atomic E-state index is 10.3. The lowest BCUT2D eigenvalue weighted by molar-refractivity contribution is 0.415. The van der Waals surface area contributed by atoms with Crippen molar-refractivity contribution >= 4 is 21.6 Å². The van der Waals surface area contributed by atoms with Crippen LogP contribution in [0.5, 0.6) is 0 Å². The highest BCUT2D eigenvalue weighted by Crippen LogP contribution is 2.49. The van der Waals surface area contributed by atoms with E-state index in [-0.39, 0.29) is 0 Å². The average Bonchev–Trinajstić information content (AvgIpc) is 1.35. The second kappa shape index (κ2) is 2.10. The lowest BCUT2D eigenvalue weighted by atomic mass is 11.8. The van der Waals surface area contributed by atoms with E-state index >= 15 is 0 Å². The third-order valence-corrected chi connectivity index (χ3v) is 1.85. The van der Waals surface area contributed by atoms with Gasteiger partial charge in [-0.25, -0.2) is 0 Å². The number of rotatable bonds is 1. The normalized spacial score (nSPS) is 19.8. The second-order valence-corrected chi connectivity index (χ2v) is 6.65. The summed E-state index contributed by atoms with van der Waals surface area (Å²) in [6, 6.07) is 0. The molecule has 1 atom stereocenters. The minimum atomic E-state index is -2.33. The van der Waals surface area contributed by atoms with E-state index in [0.717, 1.165) is 0 Å². The molecule has 6 heavy (non-hydrogen) atoms. The molecule has 4 heteroatoms. The van der Waals surface area contributed by atoms with Gasteiger partial charge >= 0.3 is 0 Å². The predicted molar refractivity (Wildman–Crippen MR) is 29.5 cm³/mol. The van der Waals surface area contributed by atoms with E-state index in [9.17, 15) is 4.57 Å². The lowest BCUT2D eigenvalue weighted by Gasteiger charge is -1.95. The molecule has 38 valence electrons. The van der Waals surface area contributed by atoms with Gasteiger partial charge in [0, 0.05) is 29.3 Å². The van der Waals surface area contributed by atoms with Gasteiger partial charge in [-0.3, -0.25) is 4.57 Å². The van der Waals surface area contributed by atoms with Crippen molar-refractivity contribution in [2.24, 2.45) is 0 Å². The van der Waals surface area contributed by atoms with Gasteiger partial charge in [0.2, 0.25) is 0 Å². The third-order valence-electron chi connectivity index (χ3n) is 0.326. The zero-order valence-electron chi connectivity index (χ0n) is 3.64. The summed E-state index contributed by atoms with van der Waals surface area (Å²) in [5, 5.41) is 0. The minimum Gasteiger partial charge on any atom is -0.324 e. The molecule has 0 spiro atoms. The Bertz CT molecular complexity index is 75.6. The van der Waals surface area contributed by atoms with E-state index in [0.29, 0.717) is 0 Å². The molecule has 2 nitrogen and oxygen atoms in total. The molecule has 0 N–H and O–H groups in total. The van der Waals surface area contributed by atoms with Crippen LogP contribution in [0.15, 0.2) is 0 Å². The molecule has 0 saturated carbocycles. The van der Waals surface area contributed by atoms with Gasteiger partial charge in [-0.2, -0.15) is 0 Å². The predicted octanol–water partition coefficient (Wildman–Crippen LogP) is 1.85. The summed E-state index contributed by atoms with van der Waals surface area (Å²) in [7, 11) is 1.40. The SMILES string of the molecule is COP(C)(=O)Br. The number of hydrogen-bond donors (Lipinski definition) is 0. The van der Waals surface area contributed by atoms with Gasteiger partial charge in [0.25, 0.3) is 6.07 Å². The van der Waals surface area contributed by atoms with Gasteiger partial charge in [0.15, 0.2) is 0 Å². The fraction of sp³-hybridized carbons (Fsp3) is 1.00. The largest absolute Gasteiger partial charge is 0.324 e. The molecule has 0 radical (unpaired) electrons. The van der Waals surface area contributed by atoms with Crippen molar-refractivity contribution in [3.63, 3.8) is 0 Å². The molecule has 0 fully saturated rings. The van der Waals surface area contributed by atoms with Crippen LogP contribution in [0.4, 0.5) is 0 Å². The standard InChI is InChI=1S/C2H6BrO2P/c1-5-6(2,3)4/h1-2H3. The minimum absolute atomic E-state index is 1.40. The Balaban J connectivity index is 3.48. The van der Waals surface area contributed by atoms with Crippen LogP contribution < -0.4 is 0 Å². The highest BCUT2D eigenvalue weighted by Gasteiger charge is 2.02. The topological polar surface area (TPSA) is 26.3 Å². The zero-order chi connectivity index (χ0) is 5.21. The van der Waals surface area contributed by atoms with Gasteiger partial charge in [0.05, 0.1) is 0 Å². The van der Waals surface area contributed by atoms with Crippen LogP contribution in [0.1, 0.15) is 0 Å².